The summed E-state index contributed by atoms with van der Waals surface area (Å²) in [6.45, 7) is 15.5. The Morgan fingerprint density at radius 2 is 1.51 bits per heavy atom. The predicted octanol–water partition coefficient (Wildman–Crippen LogP) is 6.19. The summed E-state index contributed by atoms with van der Waals surface area (Å²) in [5, 5.41) is 4.84. The van der Waals surface area contributed by atoms with Crippen LogP contribution in [0.2, 0.25) is 0 Å². The number of anilines is 1. The fourth-order valence-electron chi connectivity index (χ4n) is 4.57. The van der Waals surface area contributed by atoms with Crippen molar-refractivity contribution in [2.75, 3.05) is 18.4 Å². The largest absolute Gasteiger partial charge is 0.494 e. The molecule has 0 saturated carbocycles. The SMILES string of the molecule is CC(C)(C)OC(=O)N1CCCCC1.CC1(C)OB(c2ccc(C(=O)Nc3nccc4ccccc34)cc2)OC1(C)C. The van der Waals surface area contributed by atoms with Crippen LogP contribution in [-0.2, 0) is 14.0 Å². The number of nitrogens with zero attached hydrogens (tertiary/aromatic N) is 2. The number of amides is 2. The van der Waals surface area contributed by atoms with Crippen molar-refractivity contribution in [2.24, 2.45) is 0 Å². The molecule has 3 heterocycles. The van der Waals surface area contributed by atoms with E-state index < -0.39 is 18.3 Å². The molecule has 2 aliphatic rings. The number of likely N-dealkylation sites (tertiary alicyclic amines) is 1. The molecule has 2 aromatic carbocycles. The summed E-state index contributed by atoms with van der Waals surface area (Å²) in [4.78, 5) is 30.3. The smallest absolute Gasteiger partial charge is 0.444 e. The first-order valence-electron chi connectivity index (χ1n) is 14.3. The van der Waals surface area contributed by atoms with Gasteiger partial charge in [-0.3, -0.25) is 4.79 Å². The predicted molar refractivity (Wildman–Crippen MR) is 164 cm³/mol. The highest BCUT2D eigenvalue weighted by molar-refractivity contribution is 6.62. The van der Waals surface area contributed by atoms with Crippen LogP contribution in [0.25, 0.3) is 10.8 Å². The minimum Gasteiger partial charge on any atom is -0.444 e. The minimum atomic E-state index is -0.443. The Balaban J connectivity index is 0.000000251. The molecule has 41 heavy (non-hydrogen) atoms. The van der Waals surface area contributed by atoms with Crippen molar-refractivity contribution in [2.45, 2.75) is 84.5 Å². The molecule has 0 bridgehead atoms. The summed E-state index contributed by atoms with van der Waals surface area (Å²) in [5.74, 6) is 0.349. The van der Waals surface area contributed by atoms with Crippen molar-refractivity contribution >= 4 is 41.2 Å². The number of hydrogen-bond acceptors (Lipinski definition) is 6. The van der Waals surface area contributed by atoms with E-state index in [1.54, 1.807) is 23.2 Å². The molecule has 0 unspecified atom stereocenters. The van der Waals surface area contributed by atoms with Gasteiger partial charge < -0.3 is 24.3 Å². The minimum absolute atomic E-state index is 0.160. The molecule has 8 nitrogen and oxygen atoms in total. The first-order chi connectivity index (χ1) is 19.3. The van der Waals surface area contributed by atoms with Crippen LogP contribution in [0, 0.1) is 0 Å². The van der Waals surface area contributed by atoms with Crippen molar-refractivity contribution < 1.29 is 23.6 Å². The van der Waals surface area contributed by atoms with E-state index >= 15 is 0 Å². The average molecular weight is 560 g/mol. The maximum Gasteiger partial charge on any atom is 0.494 e. The summed E-state index contributed by atoms with van der Waals surface area (Å²) < 4.78 is 17.4. The molecule has 0 aliphatic carbocycles. The van der Waals surface area contributed by atoms with E-state index in [4.69, 9.17) is 14.0 Å². The molecule has 218 valence electrons. The fraction of sp³-hybridized carbons (Fsp3) is 0.469. The molecule has 1 aromatic heterocycles. The number of fused-ring (bicyclic) bond motifs is 1. The zero-order chi connectivity index (χ0) is 29.8. The van der Waals surface area contributed by atoms with Gasteiger partial charge in [0.05, 0.1) is 11.2 Å². The summed E-state index contributed by atoms with van der Waals surface area (Å²) in [7, 11) is -0.443. The van der Waals surface area contributed by atoms with E-state index in [1.165, 1.54) is 6.42 Å². The highest BCUT2D eigenvalue weighted by atomic mass is 16.7. The molecule has 1 N–H and O–H groups in total. The van der Waals surface area contributed by atoms with E-state index in [2.05, 4.69) is 10.3 Å². The summed E-state index contributed by atoms with van der Waals surface area (Å²) >= 11 is 0. The third-order valence-corrected chi connectivity index (χ3v) is 7.61. The number of hydrogen-bond donors (Lipinski definition) is 1. The van der Waals surface area contributed by atoms with Gasteiger partial charge in [0.2, 0.25) is 0 Å². The van der Waals surface area contributed by atoms with Gasteiger partial charge in [-0.15, -0.1) is 0 Å². The first-order valence-corrected chi connectivity index (χ1v) is 14.3. The number of nitrogens with one attached hydrogen (secondary N) is 1. The summed E-state index contributed by atoms with van der Waals surface area (Å²) in [6.07, 6.45) is 4.99. The van der Waals surface area contributed by atoms with E-state index in [9.17, 15) is 9.59 Å². The van der Waals surface area contributed by atoms with Crippen LogP contribution in [0.1, 0.15) is 78.1 Å². The maximum absolute atomic E-state index is 12.7. The van der Waals surface area contributed by atoms with E-state index in [0.29, 0.717) is 11.4 Å². The number of carbonyl (C=O) groups excluding carboxylic acids is 2. The van der Waals surface area contributed by atoms with Gasteiger partial charge in [0.1, 0.15) is 11.4 Å². The van der Waals surface area contributed by atoms with Crippen molar-refractivity contribution in [3.63, 3.8) is 0 Å². The molecule has 2 fully saturated rings. The quantitative estimate of drug-likeness (QED) is 0.385. The molecule has 0 atom stereocenters. The number of piperidine rings is 1. The highest BCUT2D eigenvalue weighted by Crippen LogP contribution is 2.36. The zero-order valence-electron chi connectivity index (χ0n) is 25.3. The van der Waals surface area contributed by atoms with Gasteiger partial charge in [-0.2, -0.15) is 0 Å². The van der Waals surface area contributed by atoms with Crippen molar-refractivity contribution in [3.8, 4) is 0 Å². The maximum atomic E-state index is 12.7. The van der Waals surface area contributed by atoms with Gasteiger partial charge in [-0.1, -0.05) is 36.4 Å². The topological polar surface area (TPSA) is 90.0 Å². The highest BCUT2D eigenvalue weighted by Gasteiger charge is 2.51. The molecule has 5 rings (SSSR count). The third-order valence-electron chi connectivity index (χ3n) is 7.61. The number of pyridine rings is 1. The second kappa shape index (κ2) is 12.2. The Labute approximate surface area is 243 Å². The van der Waals surface area contributed by atoms with Gasteiger partial charge in [0.25, 0.3) is 5.91 Å². The lowest BCUT2D eigenvalue weighted by Crippen LogP contribution is -2.41. The van der Waals surface area contributed by atoms with Crippen molar-refractivity contribution in [3.05, 3.63) is 66.4 Å². The molecule has 0 radical (unpaired) electrons. The molecular weight excluding hydrogens is 517 g/mol. The van der Waals surface area contributed by atoms with Gasteiger partial charge in [0, 0.05) is 30.2 Å². The zero-order valence-corrected chi connectivity index (χ0v) is 25.3. The number of carbonyl (C=O) groups is 2. The molecule has 2 saturated heterocycles. The Morgan fingerprint density at radius 1 is 0.902 bits per heavy atom. The van der Waals surface area contributed by atoms with Crippen LogP contribution < -0.4 is 10.8 Å². The van der Waals surface area contributed by atoms with Gasteiger partial charge in [-0.25, -0.2) is 9.78 Å². The molecule has 2 amide bonds. The van der Waals surface area contributed by atoms with Crippen LogP contribution in [0.4, 0.5) is 10.6 Å². The normalized spacial score (nSPS) is 17.9. The molecule has 0 spiro atoms. The summed E-state index contributed by atoms with van der Waals surface area (Å²) in [5.41, 5.74) is 0.282. The first kappa shape index (κ1) is 30.5. The lowest BCUT2D eigenvalue weighted by atomic mass is 9.79. The lowest BCUT2D eigenvalue weighted by Gasteiger charge is -2.32. The number of aromatic nitrogens is 1. The Morgan fingerprint density at radius 3 is 2.12 bits per heavy atom. The standard InChI is InChI=1S/C22H23BN2O3.C10H19NO2/c1-21(2)22(3,4)28-23(27-21)17-11-9-16(10-12-17)20(26)25-19-18-8-6-5-7-15(18)13-14-24-19;1-10(2,3)13-9(12)11-7-5-4-6-8-11/h5-14H,1-4H3,(H,24,25,26);4-8H2,1-3H3. The molecule has 9 heteroatoms. The lowest BCUT2D eigenvalue weighted by molar-refractivity contribution is 0.00578. The Hall–Kier alpha value is -3.43. The van der Waals surface area contributed by atoms with E-state index in [-0.39, 0.29) is 17.6 Å². The van der Waals surface area contributed by atoms with E-state index in [1.807, 2.05) is 90.9 Å². The second-order valence-electron chi connectivity index (χ2n) is 12.6. The van der Waals surface area contributed by atoms with E-state index in [0.717, 1.165) is 42.2 Å². The van der Waals surface area contributed by atoms with Gasteiger partial charge >= 0.3 is 13.2 Å². The van der Waals surface area contributed by atoms with Gasteiger partial charge in [-0.05, 0) is 96.8 Å². The number of ether oxygens (including phenoxy) is 1. The second-order valence-corrected chi connectivity index (χ2v) is 12.6. The number of rotatable bonds is 3. The average Bonchev–Trinajstić information content (AvgIpc) is 3.15. The summed E-state index contributed by atoms with van der Waals surface area (Å²) in [6, 6.07) is 17.0. The van der Waals surface area contributed by atoms with Crippen LogP contribution in [0.15, 0.2) is 60.8 Å². The molecule has 2 aliphatic heterocycles. The van der Waals surface area contributed by atoms with Crippen LogP contribution in [-0.4, -0.2) is 58.9 Å². The van der Waals surface area contributed by atoms with Crippen molar-refractivity contribution in [1.29, 1.82) is 0 Å². The monoisotopic (exact) mass is 559 g/mol. The van der Waals surface area contributed by atoms with Crippen LogP contribution >= 0.6 is 0 Å². The Bertz CT molecular complexity index is 1340. The third kappa shape index (κ3) is 7.66. The van der Waals surface area contributed by atoms with Crippen molar-refractivity contribution in [1.82, 2.24) is 9.88 Å². The Kier molecular flexibility index (Phi) is 9.09. The van der Waals surface area contributed by atoms with Gasteiger partial charge in [0.15, 0.2) is 0 Å². The number of benzene rings is 2. The van der Waals surface area contributed by atoms with Crippen LogP contribution in [0.5, 0.6) is 0 Å². The van der Waals surface area contributed by atoms with Crippen LogP contribution in [0.3, 0.4) is 0 Å². The molecular formula is C32H42BN3O5. The molecule has 3 aromatic rings. The fourth-order valence-corrected chi connectivity index (χ4v) is 4.57.